The van der Waals surface area contributed by atoms with Crippen molar-refractivity contribution in [1.82, 2.24) is 10.6 Å². The van der Waals surface area contributed by atoms with Gasteiger partial charge in [-0.25, -0.2) is 9.59 Å². The van der Waals surface area contributed by atoms with Crippen LogP contribution in [-0.4, -0.2) is 41.2 Å². The lowest BCUT2D eigenvalue weighted by molar-refractivity contribution is -0.139. The van der Waals surface area contributed by atoms with E-state index in [9.17, 15) is 9.59 Å². The molecule has 0 spiro atoms. The van der Waals surface area contributed by atoms with Crippen LogP contribution in [0.25, 0.3) is 0 Å². The zero-order valence-electron chi connectivity index (χ0n) is 9.36. The molecule has 0 bridgehead atoms. The van der Waals surface area contributed by atoms with Gasteiger partial charge in [-0.05, 0) is 30.3 Å². The van der Waals surface area contributed by atoms with Gasteiger partial charge in [-0.2, -0.15) is 11.8 Å². The molecule has 5 nitrogen and oxygen atoms in total. The molecule has 0 aromatic rings. The lowest BCUT2D eigenvalue weighted by Gasteiger charge is -2.14. The summed E-state index contributed by atoms with van der Waals surface area (Å²) in [5, 5.41) is 13.9. The summed E-state index contributed by atoms with van der Waals surface area (Å²) in [7, 11) is 0. The third kappa shape index (κ3) is 4.30. The highest BCUT2D eigenvalue weighted by molar-refractivity contribution is 7.99. The van der Waals surface area contributed by atoms with Crippen LogP contribution in [0.4, 0.5) is 4.79 Å². The van der Waals surface area contributed by atoms with E-state index in [1.165, 1.54) is 0 Å². The van der Waals surface area contributed by atoms with E-state index < -0.39 is 12.0 Å². The number of carbonyl (C=O) groups excluding carboxylic acids is 1. The zero-order chi connectivity index (χ0) is 12.0. The summed E-state index contributed by atoms with van der Waals surface area (Å²) in [6, 6.07) is -1.18. The van der Waals surface area contributed by atoms with Crippen molar-refractivity contribution < 1.29 is 14.7 Å². The van der Waals surface area contributed by atoms with E-state index in [1.807, 2.05) is 11.8 Å². The Morgan fingerprint density at radius 2 is 2.31 bits per heavy atom. The summed E-state index contributed by atoms with van der Waals surface area (Å²) in [6.07, 6.45) is 1.52. The fraction of sp³-hybridized carbons (Fsp3) is 0.800. The van der Waals surface area contributed by atoms with Gasteiger partial charge in [0.2, 0.25) is 0 Å². The predicted octanol–water partition coefficient (Wildman–Crippen LogP) is 0.902. The molecule has 3 N–H and O–H groups in total. The molecule has 0 aromatic carbocycles. The molecule has 1 saturated heterocycles. The van der Waals surface area contributed by atoms with E-state index in [2.05, 4.69) is 10.6 Å². The fourth-order valence-corrected chi connectivity index (χ4v) is 2.81. The summed E-state index contributed by atoms with van der Waals surface area (Å²) in [6.45, 7) is 2.36. The number of amides is 2. The number of hydrogen-bond acceptors (Lipinski definition) is 3. The first-order chi connectivity index (χ1) is 7.63. The number of urea groups is 1. The third-order valence-electron chi connectivity index (χ3n) is 2.59. The van der Waals surface area contributed by atoms with Crippen molar-refractivity contribution in [3.8, 4) is 0 Å². The molecule has 1 rings (SSSR count). The van der Waals surface area contributed by atoms with Crippen LogP contribution in [0.2, 0.25) is 0 Å². The first kappa shape index (κ1) is 13.2. The highest BCUT2D eigenvalue weighted by atomic mass is 32.2. The molecule has 2 amide bonds. The molecule has 0 aromatic heterocycles. The van der Waals surface area contributed by atoms with E-state index >= 15 is 0 Å². The minimum Gasteiger partial charge on any atom is -0.480 e. The molecule has 2 atom stereocenters. The Morgan fingerprint density at radius 3 is 2.81 bits per heavy atom. The molecule has 1 heterocycles. The molecule has 1 unspecified atom stereocenters. The summed E-state index contributed by atoms with van der Waals surface area (Å²) >= 11 is 1.89. The first-order valence-electron chi connectivity index (χ1n) is 5.48. The van der Waals surface area contributed by atoms with E-state index in [0.717, 1.165) is 17.9 Å². The molecule has 16 heavy (non-hydrogen) atoms. The summed E-state index contributed by atoms with van der Waals surface area (Å²) in [5.41, 5.74) is 0. The molecule has 0 radical (unpaired) electrons. The fourth-order valence-electron chi connectivity index (χ4n) is 1.53. The van der Waals surface area contributed by atoms with Crippen molar-refractivity contribution in [2.75, 3.05) is 18.1 Å². The Morgan fingerprint density at radius 1 is 1.56 bits per heavy atom. The van der Waals surface area contributed by atoms with Crippen LogP contribution in [0.3, 0.4) is 0 Å². The number of carboxylic acid groups (broad SMARTS) is 1. The minimum atomic E-state index is -0.992. The van der Waals surface area contributed by atoms with Gasteiger partial charge in [0.25, 0.3) is 0 Å². The molecule has 0 aliphatic carbocycles. The Hall–Kier alpha value is -0.910. The second-order valence-electron chi connectivity index (χ2n) is 3.88. The quantitative estimate of drug-likeness (QED) is 0.673. The van der Waals surface area contributed by atoms with Gasteiger partial charge in [0.1, 0.15) is 6.04 Å². The molecule has 1 fully saturated rings. The number of nitrogens with one attached hydrogen (secondary N) is 2. The van der Waals surface area contributed by atoms with Crippen LogP contribution in [-0.2, 0) is 4.79 Å². The number of aliphatic carboxylic acids is 1. The molecule has 6 heteroatoms. The molecule has 1 aliphatic rings. The van der Waals surface area contributed by atoms with Crippen molar-refractivity contribution in [2.45, 2.75) is 25.8 Å². The lowest BCUT2D eigenvalue weighted by atomic mass is 10.1. The maximum Gasteiger partial charge on any atom is 0.326 e. The van der Waals surface area contributed by atoms with Crippen molar-refractivity contribution in [3.63, 3.8) is 0 Å². The molecular formula is C10H18N2O3S. The van der Waals surface area contributed by atoms with Crippen molar-refractivity contribution >= 4 is 23.8 Å². The number of carbonyl (C=O) groups is 2. The van der Waals surface area contributed by atoms with E-state index in [1.54, 1.807) is 6.92 Å². The predicted molar refractivity (Wildman–Crippen MR) is 63.7 cm³/mol. The zero-order valence-corrected chi connectivity index (χ0v) is 10.2. The summed E-state index contributed by atoms with van der Waals surface area (Å²) in [5.74, 6) is 1.77. The maximum atomic E-state index is 11.4. The largest absolute Gasteiger partial charge is 0.480 e. The van der Waals surface area contributed by atoms with Crippen LogP contribution in [0.15, 0.2) is 0 Å². The first-order valence-corrected chi connectivity index (χ1v) is 6.63. The maximum absolute atomic E-state index is 11.4. The van der Waals surface area contributed by atoms with Crippen LogP contribution < -0.4 is 10.6 Å². The average Bonchev–Trinajstić information content (AvgIpc) is 2.75. The van der Waals surface area contributed by atoms with Gasteiger partial charge in [0.05, 0.1) is 0 Å². The van der Waals surface area contributed by atoms with E-state index in [4.69, 9.17) is 5.11 Å². The van der Waals surface area contributed by atoms with Crippen LogP contribution in [0, 0.1) is 5.92 Å². The second kappa shape index (κ2) is 6.62. The van der Waals surface area contributed by atoms with Crippen LogP contribution >= 0.6 is 11.8 Å². The Balaban J connectivity index is 2.21. The van der Waals surface area contributed by atoms with E-state index in [0.29, 0.717) is 18.9 Å². The standard InChI is InChI=1S/C10H18N2O3S/c1-2-8(9(13)14)12-10(15)11-5-7-3-4-16-6-7/h7-8H,2-6H2,1H3,(H,13,14)(H2,11,12,15)/t7?,8-/m0/s1. The second-order valence-corrected chi connectivity index (χ2v) is 5.03. The normalized spacial score (nSPS) is 21.4. The Kier molecular flexibility index (Phi) is 5.45. The average molecular weight is 246 g/mol. The van der Waals surface area contributed by atoms with Gasteiger partial charge in [-0.3, -0.25) is 0 Å². The smallest absolute Gasteiger partial charge is 0.326 e. The van der Waals surface area contributed by atoms with Gasteiger partial charge in [-0.15, -0.1) is 0 Å². The molecule has 0 saturated carbocycles. The van der Waals surface area contributed by atoms with Gasteiger partial charge >= 0.3 is 12.0 Å². The topological polar surface area (TPSA) is 78.4 Å². The minimum absolute atomic E-state index is 0.383. The molecule has 1 aliphatic heterocycles. The van der Waals surface area contributed by atoms with Crippen molar-refractivity contribution in [3.05, 3.63) is 0 Å². The highest BCUT2D eigenvalue weighted by Gasteiger charge is 2.19. The van der Waals surface area contributed by atoms with E-state index in [-0.39, 0.29) is 6.03 Å². The number of hydrogen-bond donors (Lipinski definition) is 3. The van der Waals surface area contributed by atoms with Gasteiger partial charge in [0.15, 0.2) is 0 Å². The van der Waals surface area contributed by atoms with Crippen molar-refractivity contribution in [1.29, 1.82) is 0 Å². The van der Waals surface area contributed by atoms with Gasteiger partial charge in [-0.1, -0.05) is 6.92 Å². The highest BCUT2D eigenvalue weighted by Crippen LogP contribution is 2.22. The van der Waals surface area contributed by atoms with Gasteiger partial charge < -0.3 is 15.7 Å². The summed E-state index contributed by atoms with van der Waals surface area (Å²) < 4.78 is 0. The molecular weight excluding hydrogens is 228 g/mol. The van der Waals surface area contributed by atoms with Crippen LogP contribution in [0.1, 0.15) is 19.8 Å². The van der Waals surface area contributed by atoms with Crippen LogP contribution in [0.5, 0.6) is 0 Å². The Bertz CT molecular complexity index is 254. The van der Waals surface area contributed by atoms with Crippen molar-refractivity contribution in [2.24, 2.45) is 5.92 Å². The van der Waals surface area contributed by atoms with Gasteiger partial charge in [0, 0.05) is 6.54 Å². The molecule has 92 valence electrons. The Labute approximate surface area is 99.4 Å². The number of carboxylic acids is 1. The number of thioether (sulfide) groups is 1. The SMILES string of the molecule is CC[C@H](NC(=O)NCC1CCSC1)C(=O)O. The summed E-state index contributed by atoms with van der Waals surface area (Å²) in [4.78, 5) is 22.1. The lowest BCUT2D eigenvalue weighted by Crippen LogP contribution is -2.46. The monoisotopic (exact) mass is 246 g/mol. The number of rotatable bonds is 5. The third-order valence-corrected chi connectivity index (χ3v) is 3.82.